The summed E-state index contributed by atoms with van der Waals surface area (Å²) in [6.07, 6.45) is 4.01. The van der Waals surface area contributed by atoms with Crippen LogP contribution in [-0.2, 0) is 6.42 Å². The standard InChI is InChI=1S/C13H18/c1-4-11-7-9(2)10(3)8-13(11)12-5-6-12/h7-8,12H,4-6H2,1-3H3. The molecule has 1 aliphatic carbocycles. The van der Waals surface area contributed by atoms with Gasteiger partial charge in [0.05, 0.1) is 0 Å². The highest BCUT2D eigenvalue weighted by molar-refractivity contribution is 5.40. The smallest absolute Gasteiger partial charge is 0.0159 e. The van der Waals surface area contributed by atoms with E-state index in [2.05, 4.69) is 32.9 Å². The van der Waals surface area contributed by atoms with Gasteiger partial charge in [0.2, 0.25) is 0 Å². The Morgan fingerprint density at radius 3 is 2.31 bits per heavy atom. The van der Waals surface area contributed by atoms with E-state index in [1.165, 1.54) is 30.4 Å². The molecule has 0 nitrogen and oxygen atoms in total. The molecule has 0 spiro atoms. The maximum atomic E-state index is 2.41. The molecule has 0 aromatic heterocycles. The average Bonchev–Trinajstić information content (AvgIpc) is 2.92. The highest BCUT2D eigenvalue weighted by atomic mass is 14.3. The molecule has 0 amide bonds. The van der Waals surface area contributed by atoms with E-state index >= 15 is 0 Å². The van der Waals surface area contributed by atoms with Crippen molar-refractivity contribution in [3.05, 3.63) is 34.4 Å². The minimum Gasteiger partial charge on any atom is -0.0613 e. The van der Waals surface area contributed by atoms with Crippen LogP contribution in [0.5, 0.6) is 0 Å². The Labute approximate surface area is 81.0 Å². The van der Waals surface area contributed by atoms with Crippen LogP contribution in [0.2, 0.25) is 0 Å². The normalized spacial score (nSPS) is 16.2. The van der Waals surface area contributed by atoms with Gasteiger partial charge in [-0.25, -0.2) is 0 Å². The van der Waals surface area contributed by atoms with Gasteiger partial charge in [-0.05, 0) is 61.3 Å². The SMILES string of the molecule is CCc1cc(C)c(C)cc1C1CC1. The topological polar surface area (TPSA) is 0 Å². The van der Waals surface area contributed by atoms with Gasteiger partial charge in [0.1, 0.15) is 0 Å². The van der Waals surface area contributed by atoms with Crippen molar-refractivity contribution in [2.24, 2.45) is 0 Å². The van der Waals surface area contributed by atoms with Crippen LogP contribution in [0.4, 0.5) is 0 Å². The molecule has 0 heteroatoms. The summed E-state index contributed by atoms with van der Waals surface area (Å²) in [4.78, 5) is 0. The van der Waals surface area contributed by atoms with Crippen molar-refractivity contribution >= 4 is 0 Å². The zero-order valence-corrected chi connectivity index (χ0v) is 8.85. The highest BCUT2D eigenvalue weighted by Gasteiger charge is 2.25. The lowest BCUT2D eigenvalue weighted by Crippen LogP contribution is -1.94. The first-order chi connectivity index (χ1) is 6.22. The first-order valence-electron chi connectivity index (χ1n) is 5.32. The molecule has 0 radical (unpaired) electrons. The van der Waals surface area contributed by atoms with Crippen LogP contribution in [0.15, 0.2) is 12.1 Å². The summed E-state index contributed by atoms with van der Waals surface area (Å²) in [6.45, 7) is 6.70. The summed E-state index contributed by atoms with van der Waals surface area (Å²) in [5, 5.41) is 0. The van der Waals surface area contributed by atoms with Crippen molar-refractivity contribution in [2.75, 3.05) is 0 Å². The Bertz CT molecular complexity index is 319. The van der Waals surface area contributed by atoms with E-state index in [0.29, 0.717) is 0 Å². The van der Waals surface area contributed by atoms with E-state index in [1.54, 1.807) is 11.1 Å². The van der Waals surface area contributed by atoms with Crippen molar-refractivity contribution in [2.45, 2.75) is 46.0 Å². The van der Waals surface area contributed by atoms with Crippen LogP contribution in [0.25, 0.3) is 0 Å². The predicted octanol–water partition coefficient (Wildman–Crippen LogP) is 3.74. The minimum absolute atomic E-state index is 0.897. The van der Waals surface area contributed by atoms with Gasteiger partial charge in [-0.2, -0.15) is 0 Å². The summed E-state index contributed by atoms with van der Waals surface area (Å²) in [7, 11) is 0. The molecule has 70 valence electrons. The Hall–Kier alpha value is -0.780. The van der Waals surface area contributed by atoms with E-state index in [1.807, 2.05) is 0 Å². The summed E-state index contributed by atoms with van der Waals surface area (Å²) in [6, 6.07) is 4.79. The molecule has 0 N–H and O–H groups in total. The van der Waals surface area contributed by atoms with Crippen LogP contribution in [-0.4, -0.2) is 0 Å². The van der Waals surface area contributed by atoms with Gasteiger partial charge in [0.15, 0.2) is 0 Å². The van der Waals surface area contributed by atoms with Crippen molar-refractivity contribution in [1.29, 1.82) is 0 Å². The van der Waals surface area contributed by atoms with Crippen LogP contribution in [0.1, 0.15) is 47.9 Å². The Morgan fingerprint density at radius 2 is 1.77 bits per heavy atom. The lowest BCUT2D eigenvalue weighted by atomic mass is 9.95. The Balaban J connectivity index is 2.46. The van der Waals surface area contributed by atoms with Gasteiger partial charge in [-0.1, -0.05) is 19.1 Å². The lowest BCUT2D eigenvalue weighted by Gasteiger charge is -2.10. The number of hydrogen-bond donors (Lipinski definition) is 0. The van der Waals surface area contributed by atoms with Gasteiger partial charge in [-0.15, -0.1) is 0 Å². The zero-order chi connectivity index (χ0) is 9.42. The molecule has 0 heterocycles. The maximum absolute atomic E-state index is 2.41. The largest absolute Gasteiger partial charge is 0.0613 e. The molecule has 0 aliphatic heterocycles. The molecule has 2 rings (SSSR count). The number of benzene rings is 1. The lowest BCUT2D eigenvalue weighted by molar-refractivity contribution is 1.01. The van der Waals surface area contributed by atoms with Gasteiger partial charge in [0.25, 0.3) is 0 Å². The maximum Gasteiger partial charge on any atom is -0.0159 e. The van der Waals surface area contributed by atoms with Crippen molar-refractivity contribution in [1.82, 2.24) is 0 Å². The Morgan fingerprint density at radius 1 is 1.15 bits per heavy atom. The minimum atomic E-state index is 0.897. The molecule has 0 atom stereocenters. The average molecular weight is 174 g/mol. The molecular weight excluding hydrogens is 156 g/mol. The van der Waals surface area contributed by atoms with Gasteiger partial charge < -0.3 is 0 Å². The molecule has 1 saturated carbocycles. The third-order valence-electron chi connectivity index (χ3n) is 3.15. The molecule has 0 bridgehead atoms. The molecule has 1 aromatic carbocycles. The van der Waals surface area contributed by atoms with Crippen molar-refractivity contribution < 1.29 is 0 Å². The van der Waals surface area contributed by atoms with Gasteiger partial charge >= 0.3 is 0 Å². The molecular formula is C13H18. The molecule has 0 saturated heterocycles. The third-order valence-corrected chi connectivity index (χ3v) is 3.15. The second kappa shape index (κ2) is 3.17. The molecule has 13 heavy (non-hydrogen) atoms. The fourth-order valence-electron chi connectivity index (χ4n) is 1.98. The summed E-state index contributed by atoms with van der Waals surface area (Å²) >= 11 is 0. The molecule has 1 aromatic rings. The van der Waals surface area contributed by atoms with E-state index in [9.17, 15) is 0 Å². The summed E-state index contributed by atoms with van der Waals surface area (Å²) in [5.74, 6) is 0.897. The van der Waals surface area contributed by atoms with Crippen LogP contribution >= 0.6 is 0 Å². The number of hydrogen-bond acceptors (Lipinski definition) is 0. The Kier molecular flexibility index (Phi) is 2.15. The number of aryl methyl sites for hydroxylation is 3. The number of rotatable bonds is 2. The van der Waals surface area contributed by atoms with Gasteiger partial charge in [0, 0.05) is 0 Å². The van der Waals surface area contributed by atoms with Crippen LogP contribution < -0.4 is 0 Å². The molecule has 0 unspecified atom stereocenters. The van der Waals surface area contributed by atoms with E-state index in [0.717, 1.165) is 5.92 Å². The van der Waals surface area contributed by atoms with Crippen LogP contribution in [0.3, 0.4) is 0 Å². The fourth-order valence-corrected chi connectivity index (χ4v) is 1.98. The predicted molar refractivity (Wildman–Crippen MR) is 57.3 cm³/mol. The van der Waals surface area contributed by atoms with Crippen molar-refractivity contribution in [3.63, 3.8) is 0 Å². The third kappa shape index (κ3) is 1.63. The molecule has 1 aliphatic rings. The molecule has 1 fully saturated rings. The first-order valence-corrected chi connectivity index (χ1v) is 5.32. The second-order valence-electron chi connectivity index (χ2n) is 4.26. The highest BCUT2D eigenvalue weighted by Crippen LogP contribution is 2.42. The van der Waals surface area contributed by atoms with E-state index in [-0.39, 0.29) is 0 Å². The fraction of sp³-hybridized carbons (Fsp3) is 0.538. The van der Waals surface area contributed by atoms with E-state index in [4.69, 9.17) is 0 Å². The first kappa shape index (κ1) is 8.80. The van der Waals surface area contributed by atoms with E-state index < -0.39 is 0 Å². The monoisotopic (exact) mass is 174 g/mol. The summed E-state index contributed by atoms with van der Waals surface area (Å²) < 4.78 is 0. The van der Waals surface area contributed by atoms with Crippen LogP contribution in [0, 0.1) is 13.8 Å². The second-order valence-corrected chi connectivity index (χ2v) is 4.26. The van der Waals surface area contributed by atoms with Gasteiger partial charge in [-0.3, -0.25) is 0 Å². The quantitative estimate of drug-likeness (QED) is 0.640. The zero-order valence-electron chi connectivity index (χ0n) is 8.85. The summed E-state index contributed by atoms with van der Waals surface area (Å²) in [5.41, 5.74) is 6.11. The van der Waals surface area contributed by atoms with Crippen molar-refractivity contribution in [3.8, 4) is 0 Å².